The molecule has 16 heavy (non-hydrogen) atoms. The first-order chi connectivity index (χ1) is 7.42. The predicted molar refractivity (Wildman–Crippen MR) is 69.3 cm³/mol. The molecule has 1 amide bonds. The van der Waals surface area contributed by atoms with Crippen LogP contribution in [0.3, 0.4) is 0 Å². The third kappa shape index (κ3) is 4.06. The molecule has 1 rings (SSSR count). The van der Waals surface area contributed by atoms with E-state index in [4.69, 9.17) is 18.0 Å². The summed E-state index contributed by atoms with van der Waals surface area (Å²) >= 11 is 5.03. The van der Waals surface area contributed by atoms with Gasteiger partial charge in [0.1, 0.15) is 0 Å². The Morgan fingerprint density at radius 1 is 1.62 bits per heavy atom. The number of nitrogens with one attached hydrogen (secondary N) is 1. The molecule has 0 unspecified atom stereocenters. The van der Waals surface area contributed by atoms with Crippen LogP contribution < -0.4 is 11.1 Å². The summed E-state index contributed by atoms with van der Waals surface area (Å²) in [6, 6.07) is 0. The third-order valence-electron chi connectivity index (χ3n) is 3.06. The molecule has 0 aromatic rings. The maximum Gasteiger partial charge on any atom is 0.234 e. The standard InChI is InChI=1S/C11H21N3OS/c1-11(2,10(12)16)4-7-14-6-3-5-13-9(15)8-14/h3-8H2,1-2H3,(H2,12,16)(H,13,15). The Kier molecular flexibility index (Phi) is 4.68. The van der Waals surface area contributed by atoms with Crippen molar-refractivity contribution in [2.75, 3.05) is 26.2 Å². The summed E-state index contributed by atoms with van der Waals surface area (Å²) in [6.45, 7) is 7.21. The van der Waals surface area contributed by atoms with Crippen LogP contribution in [0.1, 0.15) is 26.7 Å². The zero-order valence-electron chi connectivity index (χ0n) is 10.1. The van der Waals surface area contributed by atoms with Gasteiger partial charge in [-0.2, -0.15) is 0 Å². The summed E-state index contributed by atoms with van der Waals surface area (Å²) in [5.41, 5.74) is 5.55. The van der Waals surface area contributed by atoms with Gasteiger partial charge in [0, 0.05) is 18.5 Å². The fourth-order valence-corrected chi connectivity index (χ4v) is 1.72. The lowest BCUT2D eigenvalue weighted by molar-refractivity contribution is -0.121. The SMILES string of the molecule is CC(C)(CCN1CCCNC(=O)C1)C(N)=S. The van der Waals surface area contributed by atoms with Gasteiger partial charge in [0.25, 0.3) is 0 Å². The number of hydrogen-bond acceptors (Lipinski definition) is 3. The molecule has 0 atom stereocenters. The van der Waals surface area contributed by atoms with Crippen molar-refractivity contribution in [3.63, 3.8) is 0 Å². The fourth-order valence-electron chi connectivity index (χ4n) is 1.62. The van der Waals surface area contributed by atoms with Crippen molar-refractivity contribution in [3.8, 4) is 0 Å². The Morgan fingerprint density at radius 3 is 2.94 bits per heavy atom. The van der Waals surface area contributed by atoms with E-state index in [0.29, 0.717) is 11.5 Å². The summed E-state index contributed by atoms with van der Waals surface area (Å²) < 4.78 is 0. The number of rotatable bonds is 4. The summed E-state index contributed by atoms with van der Waals surface area (Å²) in [6.07, 6.45) is 1.91. The molecule has 92 valence electrons. The van der Waals surface area contributed by atoms with Crippen LogP contribution in [-0.2, 0) is 4.79 Å². The van der Waals surface area contributed by atoms with Gasteiger partial charge in [0.2, 0.25) is 5.91 Å². The second-order valence-electron chi connectivity index (χ2n) is 4.98. The minimum Gasteiger partial charge on any atom is -0.393 e. The maximum absolute atomic E-state index is 11.3. The molecule has 1 aliphatic heterocycles. The Bertz CT molecular complexity index is 278. The molecule has 5 heteroatoms. The monoisotopic (exact) mass is 243 g/mol. The molecular weight excluding hydrogens is 222 g/mol. The lowest BCUT2D eigenvalue weighted by Gasteiger charge is -2.27. The van der Waals surface area contributed by atoms with Crippen LogP contribution >= 0.6 is 12.2 Å². The molecule has 0 saturated carbocycles. The molecule has 0 radical (unpaired) electrons. The van der Waals surface area contributed by atoms with E-state index in [1.807, 2.05) is 13.8 Å². The highest BCUT2D eigenvalue weighted by atomic mass is 32.1. The quantitative estimate of drug-likeness (QED) is 0.706. The smallest absolute Gasteiger partial charge is 0.234 e. The number of nitrogens with zero attached hydrogens (tertiary/aromatic N) is 1. The molecule has 1 aliphatic rings. The van der Waals surface area contributed by atoms with Crippen LogP contribution in [0.4, 0.5) is 0 Å². The Morgan fingerprint density at radius 2 is 2.31 bits per heavy atom. The van der Waals surface area contributed by atoms with Crippen LogP contribution in [0.25, 0.3) is 0 Å². The molecule has 0 spiro atoms. The highest BCUT2D eigenvalue weighted by Crippen LogP contribution is 2.21. The van der Waals surface area contributed by atoms with Gasteiger partial charge in [-0.15, -0.1) is 0 Å². The van der Waals surface area contributed by atoms with E-state index in [1.165, 1.54) is 0 Å². The van der Waals surface area contributed by atoms with Gasteiger partial charge in [-0.1, -0.05) is 26.1 Å². The number of thiocarbonyl (C=S) groups is 1. The highest BCUT2D eigenvalue weighted by molar-refractivity contribution is 7.80. The zero-order chi connectivity index (χ0) is 12.2. The van der Waals surface area contributed by atoms with E-state index in [0.717, 1.165) is 32.5 Å². The van der Waals surface area contributed by atoms with Gasteiger partial charge < -0.3 is 11.1 Å². The topological polar surface area (TPSA) is 58.4 Å². The lowest BCUT2D eigenvalue weighted by atomic mass is 9.89. The van der Waals surface area contributed by atoms with Crippen molar-refractivity contribution in [2.45, 2.75) is 26.7 Å². The van der Waals surface area contributed by atoms with Gasteiger partial charge in [-0.05, 0) is 19.4 Å². The Labute approximate surface area is 103 Å². The molecule has 0 aromatic heterocycles. The number of carbonyl (C=O) groups is 1. The van der Waals surface area contributed by atoms with Crippen LogP contribution in [0.15, 0.2) is 0 Å². The van der Waals surface area contributed by atoms with E-state index in [1.54, 1.807) is 0 Å². The minimum atomic E-state index is -0.127. The molecule has 1 saturated heterocycles. The fraction of sp³-hybridized carbons (Fsp3) is 0.818. The summed E-state index contributed by atoms with van der Waals surface area (Å²) in [5, 5.41) is 2.86. The Hall–Kier alpha value is -0.680. The Balaban J connectivity index is 2.42. The van der Waals surface area contributed by atoms with Gasteiger partial charge in [0.15, 0.2) is 0 Å². The van der Waals surface area contributed by atoms with Crippen molar-refractivity contribution in [1.82, 2.24) is 10.2 Å². The largest absolute Gasteiger partial charge is 0.393 e. The first-order valence-electron chi connectivity index (χ1n) is 5.71. The van der Waals surface area contributed by atoms with Gasteiger partial charge >= 0.3 is 0 Å². The van der Waals surface area contributed by atoms with Gasteiger partial charge in [-0.3, -0.25) is 9.69 Å². The van der Waals surface area contributed by atoms with E-state index in [2.05, 4.69) is 10.2 Å². The molecule has 1 fully saturated rings. The first kappa shape index (κ1) is 13.4. The van der Waals surface area contributed by atoms with Crippen molar-refractivity contribution < 1.29 is 4.79 Å². The van der Waals surface area contributed by atoms with E-state index >= 15 is 0 Å². The predicted octanol–water partition coefficient (Wildman–Crippen LogP) is 0.511. The maximum atomic E-state index is 11.3. The molecule has 0 aliphatic carbocycles. The zero-order valence-corrected chi connectivity index (χ0v) is 10.9. The summed E-state index contributed by atoms with van der Waals surface area (Å²) in [4.78, 5) is 14.1. The molecule has 0 aromatic carbocycles. The number of carbonyl (C=O) groups excluding carboxylic acids is 1. The molecule has 0 bridgehead atoms. The molecule has 1 heterocycles. The van der Waals surface area contributed by atoms with Crippen molar-refractivity contribution >= 4 is 23.1 Å². The average Bonchev–Trinajstić information content (AvgIpc) is 2.39. The van der Waals surface area contributed by atoms with Crippen LogP contribution in [0.2, 0.25) is 0 Å². The van der Waals surface area contributed by atoms with E-state index in [9.17, 15) is 4.79 Å². The molecular formula is C11H21N3OS. The number of hydrogen-bond donors (Lipinski definition) is 2. The van der Waals surface area contributed by atoms with Crippen molar-refractivity contribution in [2.24, 2.45) is 11.1 Å². The average molecular weight is 243 g/mol. The van der Waals surface area contributed by atoms with Crippen molar-refractivity contribution in [1.29, 1.82) is 0 Å². The van der Waals surface area contributed by atoms with E-state index < -0.39 is 0 Å². The number of nitrogens with two attached hydrogens (primary N) is 1. The normalized spacial score (nSPS) is 19.0. The molecule has 3 N–H and O–H groups in total. The summed E-state index contributed by atoms with van der Waals surface area (Å²) in [7, 11) is 0. The second kappa shape index (κ2) is 5.59. The third-order valence-corrected chi connectivity index (χ3v) is 3.61. The van der Waals surface area contributed by atoms with Gasteiger partial charge in [0.05, 0.1) is 11.5 Å². The first-order valence-corrected chi connectivity index (χ1v) is 6.11. The minimum absolute atomic E-state index is 0.116. The highest BCUT2D eigenvalue weighted by Gasteiger charge is 2.23. The van der Waals surface area contributed by atoms with Crippen molar-refractivity contribution in [3.05, 3.63) is 0 Å². The van der Waals surface area contributed by atoms with Crippen LogP contribution in [0.5, 0.6) is 0 Å². The second-order valence-corrected chi connectivity index (χ2v) is 5.42. The summed E-state index contributed by atoms with van der Waals surface area (Å²) in [5.74, 6) is 0.116. The van der Waals surface area contributed by atoms with Gasteiger partial charge in [-0.25, -0.2) is 0 Å². The lowest BCUT2D eigenvalue weighted by Crippen LogP contribution is -2.38. The number of amides is 1. The van der Waals surface area contributed by atoms with E-state index in [-0.39, 0.29) is 11.3 Å². The van der Waals surface area contributed by atoms with Crippen LogP contribution in [-0.4, -0.2) is 42.0 Å². The molecule has 4 nitrogen and oxygen atoms in total. The van der Waals surface area contributed by atoms with Crippen LogP contribution in [0, 0.1) is 5.41 Å².